The van der Waals surface area contributed by atoms with Crippen LogP contribution in [-0.4, -0.2) is 76.6 Å². The van der Waals surface area contributed by atoms with Crippen LogP contribution in [0.2, 0.25) is 0 Å². The van der Waals surface area contributed by atoms with Gasteiger partial charge in [0.25, 0.3) is 11.5 Å². The highest BCUT2D eigenvalue weighted by Gasteiger charge is 2.34. The number of pyridine rings is 1. The number of halogens is 3. The van der Waals surface area contributed by atoms with Gasteiger partial charge >= 0.3 is 6.18 Å². The van der Waals surface area contributed by atoms with E-state index in [0.29, 0.717) is 43.8 Å². The maximum Gasteiger partial charge on any atom is 0.422 e. The molecule has 3 heterocycles. The Hall–Kier alpha value is -4.00. The molecule has 2 N–H and O–H groups in total. The van der Waals surface area contributed by atoms with Gasteiger partial charge in [0, 0.05) is 31.9 Å². The molecule has 0 unspecified atom stereocenters. The van der Waals surface area contributed by atoms with Crippen molar-refractivity contribution in [2.75, 3.05) is 33.4 Å². The van der Waals surface area contributed by atoms with Crippen molar-refractivity contribution >= 4 is 22.7 Å². The van der Waals surface area contributed by atoms with Crippen molar-refractivity contribution in [3.63, 3.8) is 0 Å². The third-order valence-corrected chi connectivity index (χ3v) is 7.25. The molecule has 0 spiro atoms. The monoisotopic (exact) mass is 578 g/mol. The predicted octanol–water partition coefficient (Wildman–Crippen LogP) is 2.61. The Balaban J connectivity index is 1.76. The number of piperidine rings is 1. The van der Waals surface area contributed by atoms with Crippen LogP contribution in [0.5, 0.6) is 11.5 Å². The van der Waals surface area contributed by atoms with Crippen molar-refractivity contribution in [2.45, 2.75) is 44.9 Å². The number of carbonyl (C=O) groups excluding carboxylic acids is 2. The van der Waals surface area contributed by atoms with Gasteiger partial charge in [0.1, 0.15) is 17.7 Å². The van der Waals surface area contributed by atoms with E-state index in [9.17, 15) is 27.6 Å². The summed E-state index contributed by atoms with van der Waals surface area (Å²) < 4.78 is 53.1. The lowest BCUT2D eigenvalue weighted by atomic mass is 10.0. The van der Waals surface area contributed by atoms with Crippen LogP contribution in [0, 0.1) is 0 Å². The topological polar surface area (TPSA) is 115 Å². The molecule has 1 fully saturated rings. The quantitative estimate of drug-likeness (QED) is 0.404. The summed E-state index contributed by atoms with van der Waals surface area (Å²) in [5.74, 6) is -0.945. The number of nitrogens with zero attached hydrogens (tertiary/aromatic N) is 3. The fourth-order valence-corrected chi connectivity index (χ4v) is 5.15. The fourth-order valence-electron chi connectivity index (χ4n) is 5.15. The third-order valence-electron chi connectivity index (χ3n) is 7.25. The van der Waals surface area contributed by atoms with Crippen LogP contribution in [0.4, 0.5) is 13.2 Å². The first-order valence-electron chi connectivity index (χ1n) is 13.2. The first-order chi connectivity index (χ1) is 19.5. The van der Waals surface area contributed by atoms with E-state index in [-0.39, 0.29) is 29.2 Å². The second-order valence-electron chi connectivity index (χ2n) is 9.92. The number of rotatable bonds is 9. The third kappa shape index (κ3) is 6.50. The van der Waals surface area contributed by atoms with E-state index in [1.165, 1.54) is 28.2 Å². The van der Waals surface area contributed by atoms with Crippen molar-refractivity contribution in [1.29, 1.82) is 0 Å². The second kappa shape index (κ2) is 12.2. The molecular weight excluding hydrogens is 545 g/mol. The summed E-state index contributed by atoms with van der Waals surface area (Å²) in [6.07, 6.45) is -3.46. The first-order valence-corrected chi connectivity index (χ1v) is 13.2. The zero-order valence-electron chi connectivity index (χ0n) is 23.1. The lowest BCUT2D eigenvalue weighted by molar-refractivity contribution is -0.153. The van der Waals surface area contributed by atoms with Gasteiger partial charge in [-0.3, -0.25) is 14.4 Å². The van der Waals surface area contributed by atoms with Gasteiger partial charge in [0.15, 0.2) is 18.1 Å². The number of methoxy groups -OCH3 is 1. The molecular formula is C28H33F3N4O6. The van der Waals surface area contributed by atoms with Gasteiger partial charge in [-0.15, -0.1) is 0 Å². The molecule has 0 aliphatic carbocycles. The largest absolute Gasteiger partial charge is 0.497 e. The average Bonchev–Trinajstić information content (AvgIpc) is 3.24. The number of aromatic nitrogens is 2. The lowest BCUT2D eigenvalue weighted by Gasteiger charge is -2.32. The summed E-state index contributed by atoms with van der Waals surface area (Å²) in [6.45, 7) is 0.321. The normalized spacial score (nSPS) is 14.4. The molecule has 2 aromatic heterocycles. The molecule has 0 radical (unpaired) electrons. The molecule has 222 valence electrons. The van der Waals surface area contributed by atoms with Crippen LogP contribution in [0.1, 0.15) is 41.5 Å². The van der Waals surface area contributed by atoms with Crippen molar-refractivity contribution in [1.82, 2.24) is 19.4 Å². The maximum atomic E-state index is 13.9. The van der Waals surface area contributed by atoms with E-state index in [4.69, 9.17) is 14.6 Å². The van der Waals surface area contributed by atoms with Crippen LogP contribution >= 0.6 is 0 Å². The van der Waals surface area contributed by atoms with E-state index in [1.54, 1.807) is 24.3 Å². The highest BCUT2D eigenvalue weighted by Crippen LogP contribution is 2.33. The number of aliphatic hydroxyl groups is 1. The Morgan fingerprint density at radius 2 is 1.88 bits per heavy atom. The first kappa shape index (κ1) is 30.0. The molecule has 3 aromatic rings. The number of alkyl halides is 3. The summed E-state index contributed by atoms with van der Waals surface area (Å²) in [7, 11) is 3.03. The molecule has 41 heavy (non-hydrogen) atoms. The van der Waals surface area contributed by atoms with Crippen LogP contribution < -0.4 is 20.3 Å². The molecule has 1 aromatic carbocycles. The fraction of sp³-hybridized carbons (Fsp3) is 0.464. The molecule has 13 heteroatoms. The number of fused-ring (bicyclic) bond motifs is 1. The van der Waals surface area contributed by atoms with Crippen LogP contribution in [0.25, 0.3) is 10.9 Å². The smallest absolute Gasteiger partial charge is 0.422 e. The molecule has 0 bridgehead atoms. The average molecular weight is 579 g/mol. The lowest BCUT2D eigenvalue weighted by Crippen LogP contribution is -2.47. The molecule has 1 saturated heterocycles. The number of likely N-dealkylation sites (tertiary alicyclic amines) is 1. The number of benzene rings is 1. The Bertz CT molecular complexity index is 1490. The highest BCUT2D eigenvalue weighted by atomic mass is 19.4. The SMILES string of the molecule is CCc1cc2c(c(OCC(F)(F)F)c(C(=O)NC3CCN(C(=O)CO)CC3)n2C)c(=O)n1Cc1cccc(OC)c1. The van der Waals surface area contributed by atoms with Crippen molar-refractivity contribution in [2.24, 2.45) is 7.05 Å². The molecule has 1 aliphatic heterocycles. The number of ether oxygens (including phenoxy) is 2. The van der Waals surface area contributed by atoms with Crippen molar-refractivity contribution in [3.05, 3.63) is 57.6 Å². The summed E-state index contributed by atoms with van der Waals surface area (Å²) in [5.41, 5.74) is 0.875. The minimum absolute atomic E-state index is 0.120. The van der Waals surface area contributed by atoms with Crippen molar-refractivity contribution < 1.29 is 37.3 Å². The van der Waals surface area contributed by atoms with Gasteiger partial charge < -0.3 is 33.9 Å². The minimum Gasteiger partial charge on any atom is -0.497 e. The Morgan fingerprint density at radius 1 is 1.17 bits per heavy atom. The van der Waals surface area contributed by atoms with Crippen LogP contribution in [0.3, 0.4) is 0 Å². The summed E-state index contributed by atoms with van der Waals surface area (Å²) >= 11 is 0. The van der Waals surface area contributed by atoms with E-state index in [0.717, 1.165) is 5.56 Å². The summed E-state index contributed by atoms with van der Waals surface area (Å²) in [5, 5.41) is 11.8. The summed E-state index contributed by atoms with van der Waals surface area (Å²) in [4.78, 5) is 40.6. The van der Waals surface area contributed by atoms with Gasteiger partial charge in [-0.05, 0) is 43.0 Å². The zero-order valence-corrected chi connectivity index (χ0v) is 23.1. The van der Waals surface area contributed by atoms with E-state index in [1.807, 2.05) is 13.0 Å². The second-order valence-corrected chi connectivity index (χ2v) is 9.92. The Labute approximate surface area is 234 Å². The number of aliphatic hydroxyl groups excluding tert-OH is 1. The minimum atomic E-state index is -4.70. The summed E-state index contributed by atoms with van der Waals surface area (Å²) in [6, 6.07) is 8.43. The number of amides is 2. The Morgan fingerprint density at radius 3 is 2.49 bits per heavy atom. The van der Waals surface area contributed by atoms with E-state index < -0.39 is 42.5 Å². The Kier molecular flexibility index (Phi) is 8.95. The molecule has 1 aliphatic rings. The van der Waals surface area contributed by atoms with E-state index >= 15 is 0 Å². The van der Waals surface area contributed by atoms with Gasteiger partial charge in [0.05, 0.1) is 19.2 Å². The number of hydrogen-bond acceptors (Lipinski definition) is 6. The molecule has 0 atom stereocenters. The van der Waals surface area contributed by atoms with Crippen LogP contribution in [0.15, 0.2) is 35.1 Å². The standard InChI is InChI=1S/C28H33F3N4O6/c1-4-19-13-21-23(27(39)35(19)14-17-6-5-7-20(12-17)40-3)25(41-16-28(29,30)31)24(33(21)2)26(38)32-18-8-10-34(11-9-18)22(37)15-36/h5-7,12-13,18,36H,4,8-11,14-16H2,1-3H3,(H,32,38). The van der Waals surface area contributed by atoms with E-state index in [2.05, 4.69) is 5.32 Å². The number of carbonyl (C=O) groups is 2. The number of nitrogens with one attached hydrogen (secondary N) is 1. The van der Waals surface area contributed by atoms with Crippen LogP contribution in [-0.2, 0) is 24.8 Å². The van der Waals surface area contributed by atoms with Gasteiger partial charge in [-0.2, -0.15) is 13.2 Å². The molecule has 10 nitrogen and oxygen atoms in total. The van der Waals surface area contributed by atoms with Gasteiger partial charge in [-0.1, -0.05) is 19.1 Å². The number of aryl methyl sites for hydroxylation is 2. The molecule has 0 saturated carbocycles. The molecule has 4 rings (SSSR count). The number of hydrogen-bond donors (Lipinski definition) is 2. The highest BCUT2D eigenvalue weighted by molar-refractivity contribution is 6.04. The molecule has 2 amide bonds. The maximum absolute atomic E-state index is 13.9. The predicted molar refractivity (Wildman–Crippen MR) is 144 cm³/mol. The van der Waals surface area contributed by atoms with Crippen molar-refractivity contribution in [3.8, 4) is 11.5 Å². The van der Waals surface area contributed by atoms with Gasteiger partial charge in [0.2, 0.25) is 5.91 Å². The zero-order chi connectivity index (χ0) is 29.9. The van der Waals surface area contributed by atoms with Gasteiger partial charge in [-0.25, -0.2) is 0 Å².